The van der Waals surface area contributed by atoms with Crippen LogP contribution in [0.2, 0.25) is 0 Å². The zero-order valence-corrected chi connectivity index (χ0v) is 27.8. The number of methoxy groups -OCH3 is 1. The number of nitrogens with zero attached hydrogens (tertiary/aromatic N) is 1. The summed E-state index contributed by atoms with van der Waals surface area (Å²) in [6.45, 7) is 22.2. The molecule has 0 saturated heterocycles. The minimum absolute atomic E-state index is 0.110. The van der Waals surface area contributed by atoms with Crippen LogP contribution in [0, 0.1) is 0 Å². The second-order valence-electron chi connectivity index (χ2n) is 10.6. The summed E-state index contributed by atoms with van der Waals surface area (Å²) in [6, 6.07) is 7.93. The van der Waals surface area contributed by atoms with Crippen LogP contribution >= 0.6 is 11.8 Å². The van der Waals surface area contributed by atoms with Crippen molar-refractivity contribution in [2.45, 2.75) is 96.9 Å². The Morgan fingerprint density at radius 2 is 1.73 bits per heavy atom. The molecule has 0 saturated carbocycles. The Balaban J connectivity index is 0.00000781. The molecule has 1 aromatic carbocycles. The third kappa shape index (κ3) is 14.9. The van der Waals surface area contributed by atoms with Gasteiger partial charge in [-0.25, -0.2) is 4.39 Å². The van der Waals surface area contributed by atoms with Crippen molar-refractivity contribution in [3.8, 4) is 0 Å². The molecule has 0 spiro atoms. The van der Waals surface area contributed by atoms with Crippen LogP contribution in [0.15, 0.2) is 64.7 Å². The van der Waals surface area contributed by atoms with Crippen molar-refractivity contribution in [1.29, 1.82) is 0 Å². The molecule has 0 aliphatic heterocycles. The first-order chi connectivity index (χ1) is 19.3. The van der Waals surface area contributed by atoms with Gasteiger partial charge in [-0.3, -0.25) is 14.5 Å². The second-order valence-corrected chi connectivity index (χ2v) is 12.3. The first-order valence-electron chi connectivity index (χ1n) is 14.4. The maximum absolute atomic E-state index is 13.7. The normalized spacial score (nSPS) is 12.7. The number of hydrogen-bond donors (Lipinski definition) is 1. The quantitative estimate of drug-likeness (QED) is 0.114. The molecule has 41 heavy (non-hydrogen) atoms. The molecule has 0 unspecified atom stereocenters. The molecule has 0 aliphatic rings. The lowest BCUT2D eigenvalue weighted by Crippen LogP contribution is -2.38. The van der Waals surface area contributed by atoms with E-state index in [2.05, 4.69) is 11.9 Å². The number of amides is 1. The molecule has 1 aromatic rings. The zero-order chi connectivity index (χ0) is 31.6. The third-order valence-corrected chi connectivity index (χ3v) is 7.52. The third-order valence-electron chi connectivity index (χ3n) is 6.34. The summed E-state index contributed by atoms with van der Waals surface area (Å²) in [5.74, 6) is -0.499. The van der Waals surface area contributed by atoms with Gasteiger partial charge in [-0.05, 0) is 71.2 Å². The number of hydrogen-bond acceptors (Lipinski definition) is 6. The summed E-state index contributed by atoms with van der Waals surface area (Å²) in [7, 11) is 1.62. The molecule has 6 nitrogen and oxygen atoms in total. The first kappa shape index (κ1) is 38.6. The highest BCUT2D eigenvalue weighted by molar-refractivity contribution is 8.01. The van der Waals surface area contributed by atoms with Crippen LogP contribution < -0.4 is 5.32 Å². The zero-order valence-electron chi connectivity index (χ0n) is 27.0. The maximum atomic E-state index is 13.7. The lowest BCUT2D eigenvalue weighted by molar-refractivity contribution is -0.158. The SMILES string of the molecule is C=C/C(NC(=O)CN(CCOC)Cc1ccc(SC(C)(C)C(=O)OC(C)(C)CC)cc1)=C(\C=C(/C)CC)CF.CC. The highest BCUT2D eigenvalue weighted by Gasteiger charge is 2.34. The number of carbonyl (C=O) groups excluding carboxylic acids is 2. The largest absolute Gasteiger partial charge is 0.459 e. The molecule has 0 radical (unpaired) electrons. The van der Waals surface area contributed by atoms with Gasteiger partial charge in [0.05, 0.1) is 13.2 Å². The molecule has 1 amide bonds. The molecule has 0 aliphatic carbocycles. The number of nitrogens with one attached hydrogen (secondary N) is 1. The number of carbonyl (C=O) groups is 2. The van der Waals surface area contributed by atoms with E-state index < -0.39 is 17.0 Å². The van der Waals surface area contributed by atoms with E-state index in [1.807, 2.05) is 91.5 Å². The Morgan fingerprint density at radius 3 is 2.22 bits per heavy atom. The predicted octanol–water partition coefficient (Wildman–Crippen LogP) is 7.65. The summed E-state index contributed by atoms with van der Waals surface area (Å²) in [5.41, 5.74) is 2.31. The summed E-state index contributed by atoms with van der Waals surface area (Å²) in [4.78, 5) is 28.6. The molecule has 232 valence electrons. The summed E-state index contributed by atoms with van der Waals surface area (Å²) >= 11 is 1.45. The van der Waals surface area contributed by atoms with Gasteiger partial charge in [0.15, 0.2) is 0 Å². The summed E-state index contributed by atoms with van der Waals surface area (Å²) < 4.78 is 23.9. The van der Waals surface area contributed by atoms with Crippen LogP contribution in [0.5, 0.6) is 0 Å². The minimum atomic E-state index is -0.740. The van der Waals surface area contributed by atoms with Crippen molar-refractivity contribution >= 4 is 23.6 Å². The van der Waals surface area contributed by atoms with E-state index in [9.17, 15) is 14.0 Å². The van der Waals surface area contributed by atoms with Gasteiger partial charge in [0.1, 0.15) is 17.0 Å². The van der Waals surface area contributed by atoms with E-state index in [0.717, 1.165) is 28.9 Å². The van der Waals surface area contributed by atoms with E-state index in [1.165, 1.54) is 17.8 Å². The molecule has 0 aromatic heterocycles. The predicted molar refractivity (Wildman–Crippen MR) is 171 cm³/mol. The number of alkyl halides is 1. The van der Waals surface area contributed by atoms with E-state index in [1.54, 1.807) is 13.2 Å². The standard InChI is InChI=1S/C31H47FN2O4S.C2H6/c1-10-23(4)19-25(20-32)27(11-2)33-28(35)22-34(17-18-37-9)21-24-13-15-26(16-14-24)39-31(7,8)29(36)38-30(5,6)12-3;1-2/h11,13-16,19H,2,10,12,17-18,20-22H2,1,3-9H3,(H,33,35);1-2H3/b23-19+,27-25-;. The Morgan fingerprint density at radius 1 is 1.12 bits per heavy atom. The average molecular weight is 593 g/mol. The van der Waals surface area contributed by atoms with Crippen molar-refractivity contribution in [1.82, 2.24) is 10.2 Å². The molecule has 0 heterocycles. The lowest BCUT2D eigenvalue weighted by Gasteiger charge is -2.30. The van der Waals surface area contributed by atoms with E-state index in [0.29, 0.717) is 31.0 Å². The maximum Gasteiger partial charge on any atom is 0.322 e. The van der Waals surface area contributed by atoms with E-state index in [-0.39, 0.29) is 18.4 Å². The Bertz CT molecular complexity index is 1020. The van der Waals surface area contributed by atoms with Gasteiger partial charge in [0.25, 0.3) is 0 Å². The number of halogens is 1. The van der Waals surface area contributed by atoms with Gasteiger partial charge >= 0.3 is 5.97 Å². The molecular weight excluding hydrogens is 539 g/mol. The van der Waals surface area contributed by atoms with Crippen molar-refractivity contribution < 1.29 is 23.5 Å². The highest BCUT2D eigenvalue weighted by Crippen LogP contribution is 2.35. The summed E-state index contributed by atoms with van der Waals surface area (Å²) in [5, 5.41) is 2.81. The topological polar surface area (TPSA) is 67.9 Å². The fraction of sp³-hybridized carbons (Fsp3) is 0.576. The Labute approximate surface area is 252 Å². The number of benzene rings is 1. The van der Waals surface area contributed by atoms with Crippen LogP contribution in [0.3, 0.4) is 0 Å². The number of thioether (sulfide) groups is 1. The molecule has 0 atom stereocenters. The van der Waals surface area contributed by atoms with Crippen molar-refractivity contribution in [2.24, 2.45) is 0 Å². The number of esters is 1. The molecule has 8 heteroatoms. The highest BCUT2D eigenvalue weighted by atomic mass is 32.2. The summed E-state index contributed by atoms with van der Waals surface area (Å²) in [6.07, 6.45) is 4.76. The Kier molecular flexibility index (Phi) is 18.5. The van der Waals surface area contributed by atoms with Gasteiger partial charge < -0.3 is 14.8 Å². The average Bonchev–Trinajstić information content (AvgIpc) is 2.94. The van der Waals surface area contributed by atoms with Crippen molar-refractivity contribution in [2.75, 3.05) is 33.5 Å². The molecule has 0 fully saturated rings. The minimum Gasteiger partial charge on any atom is -0.459 e. The molecular formula is C33H53FN2O4S. The fourth-order valence-electron chi connectivity index (χ4n) is 3.38. The van der Waals surface area contributed by atoms with Crippen LogP contribution in [0.4, 0.5) is 4.39 Å². The fourth-order valence-corrected chi connectivity index (χ4v) is 4.37. The molecule has 1 rings (SSSR count). The first-order valence-corrected chi connectivity index (χ1v) is 15.2. The van der Waals surface area contributed by atoms with E-state index in [4.69, 9.17) is 9.47 Å². The number of ether oxygens (including phenoxy) is 2. The van der Waals surface area contributed by atoms with Crippen molar-refractivity contribution in [3.05, 3.63) is 65.4 Å². The smallest absolute Gasteiger partial charge is 0.322 e. The van der Waals surface area contributed by atoms with Gasteiger partial charge in [0.2, 0.25) is 5.91 Å². The van der Waals surface area contributed by atoms with Gasteiger partial charge in [-0.15, -0.1) is 11.8 Å². The molecule has 0 bridgehead atoms. The van der Waals surface area contributed by atoms with Crippen LogP contribution in [-0.2, 0) is 25.6 Å². The monoisotopic (exact) mass is 592 g/mol. The van der Waals surface area contributed by atoms with Crippen LogP contribution in [-0.4, -0.2) is 60.6 Å². The lowest BCUT2D eigenvalue weighted by atomic mass is 10.1. The second kappa shape index (κ2) is 19.7. The number of rotatable bonds is 17. The van der Waals surface area contributed by atoms with Gasteiger partial charge in [-0.2, -0.15) is 0 Å². The van der Waals surface area contributed by atoms with Crippen LogP contribution in [0.25, 0.3) is 0 Å². The van der Waals surface area contributed by atoms with Gasteiger partial charge in [-0.1, -0.05) is 58.1 Å². The van der Waals surface area contributed by atoms with E-state index >= 15 is 0 Å². The molecule has 1 N–H and O–H groups in total. The van der Waals surface area contributed by atoms with Gasteiger partial charge in [0, 0.05) is 36.4 Å². The van der Waals surface area contributed by atoms with Crippen LogP contribution in [0.1, 0.15) is 80.7 Å². The Hall–Kier alpha value is -2.42. The number of allylic oxidation sites excluding steroid dienone is 4. The van der Waals surface area contributed by atoms with Crippen molar-refractivity contribution in [3.63, 3.8) is 0 Å².